The number of ether oxygens (including phenoxy) is 2. The van der Waals surface area contributed by atoms with E-state index in [1.54, 1.807) is 14.2 Å². The summed E-state index contributed by atoms with van der Waals surface area (Å²) >= 11 is 0. The van der Waals surface area contributed by atoms with Crippen LogP contribution in [-0.4, -0.2) is 51.2 Å². The van der Waals surface area contributed by atoms with Gasteiger partial charge in [-0.25, -0.2) is 0 Å². The maximum atomic E-state index is 12.8. The normalized spacial score (nSPS) is 24.0. The van der Waals surface area contributed by atoms with E-state index < -0.39 is 0 Å². The number of likely N-dealkylation sites (tertiary alicyclic amines) is 2. The Labute approximate surface area is 150 Å². The monoisotopic (exact) mass is 347 g/mol. The summed E-state index contributed by atoms with van der Waals surface area (Å²) in [5, 5.41) is 0. The third-order valence-electron chi connectivity index (χ3n) is 5.57. The molecule has 0 radical (unpaired) electrons. The van der Waals surface area contributed by atoms with Crippen LogP contribution in [0.25, 0.3) is 0 Å². The van der Waals surface area contributed by atoms with E-state index in [2.05, 4.69) is 11.0 Å². The molecule has 3 rings (SSSR count). The lowest BCUT2D eigenvalue weighted by Gasteiger charge is -2.34. The minimum atomic E-state index is 0.186. The highest BCUT2D eigenvalue weighted by molar-refractivity contribution is 5.79. The van der Waals surface area contributed by atoms with Crippen molar-refractivity contribution < 1.29 is 19.2 Å². The van der Waals surface area contributed by atoms with Crippen LogP contribution in [0.2, 0.25) is 0 Å². The number of benzene rings is 1. The number of carbonyl (C=O) groups is 1. The Hall–Kier alpha value is -1.75. The lowest BCUT2D eigenvalue weighted by Crippen LogP contribution is -3.12. The number of amides is 1. The molecule has 2 aliphatic rings. The Bertz CT molecular complexity index is 584. The van der Waals surface area contributed by atoms with Crippen molar-refractivity contribution in [1.82, 2.24) is 4.90 Å². The fourth-order valence-electron chi connectivity index (χ4n) is 4.16. The van der Waals surface area contributed by atoms with Crippen LogP contribution in [0.4, 0.5) is 0 Å². The minimum Gasteiger partial charge on any atom is -0.497 e. The van der Waals surface area contributed by atoms with Crippen molar-refractivity contribution in [3.63, 3.8) is 0 Å². The van der Waals surface area contributed by atoms with Crippen LogP contribution in [0.3, 0.4) is 0 Å². The highest BCUT2D eigenvalue weighted by Gasteiger charge is 2.32. The molecule has 1 unspecified atom stereocenters. The van der Waals surface area contributed by atoms with Crippen LogP contribution in [-0.2, 0) is 11.3 Å². The average molecular weight is 347 g/mol. The molecule has 1 N–H and O–H groups in total. The number of piperidine rings is 2. The second-order valence-corrected chi connectivity index (χ2v) is 7.28. The van der Waals surface area contributed by atoms with Gasteiger partial charge >= 0.3 is 0 Å². The minimum absolute atomic E-state index is 0.186. The second-order valence-electron chi connectivity index (χ2n) is 7.28. The molecule has 5 heteroatoms. The molecule has 25 heavy (non-hydrogen) atoms. The summed E-state index contributed by atoms with van der Waals surface area (Å²) < 4.78 is 10.8. The Morgan fingerprint density at radius 2 is 1.96 bits per heavy atom. The first-order chi connectivity index (χ1) is 12.2. The van der Waals surface area contributed by atoms with Crippen molar-refractivity contribution in [1.29, 1.82) is 0 Å². The van der Waals surface area contributed by atoms with E-state index in [0.717, 1.165) is 69.9 Å². The summed E-state index contributed by atoms with van der Waals surface area (Å²) in [6, 6.07) is 6.01. The van der Waals surface area contributed by atoms with Gasteiger partial charge in [-0.05, 0) is 44.2 Å². The van der Waals surface area contributed by atoms with Crippen LogP contribution in [0, 0.1) is 5.92 Å². The fraction of sp³-hybridized carbons (Fsp3) is 0.650. The van der Waals surface area contributed by atoms with E-state index in [9.17, 15) is 4.79 Å². The zero-order chi connectivity index (χ0) is 17.6. The Balaban J connectivity index is 1.62. The van der Waals surface area contributed by atoms with Crippen molar-refractivity contribution in [2.75, 3.05) is 40.4 Å². The average Bonchev–Trinajstić information content (AvgIpc) is 2.68. The third-order valence-corrected chi connectivity index (χ3v) is 5.57. The summed E-state index contributed by atoms with van der Waals surface area (Å²) in [6.45, 7) is 4.87. The number of rotatable bonds is 5. The number of carbonyl (C=O) groups excluding carboxylic acids is 1. The van der Waals surface area contributed by atoms with Gasteiger partial charge in [0.25, 0.3) is 0 Å². The number of nitrogens with one attached hydrogen (secondary N) is 1. The molecule has 0 bridgehead atoms. The van der Waals surface area contributed by atoms with Crippen LogP contribution in [0.1, 0.15) is 37.7 Å². The fourth-order valence-corrected chi connectivity index (χ4v) is 4.16. The number of hydrogen-bond acceptors (Lipinski definition) is 3. The van der Waals surface area contributed by atoms with Crippen molar-refractivity contribution in [3.8, 4) is 11.5 Å². The molecule has 1 aromatic rings. The highest BCUT2D eigenvalue weighted by Crippen LogP contribution is 2.24. The molecule has 0 aliphatic carbocycles. The van der Waals surface area contributed by atoms with Crippen LogP contribution < -0.4 is 14.4 Å². The van der Waals surface area contributed by atoms with E-state index in [4.69, 9.17) is 9.47 Å². The molecular formula is C20H31N2O3+. The van der Waals surface area contributed by atoms with E-state index >= 15 is 0 Å². The Morgan fingerprint density at radius 1 is 1.16 bits per heavy atom. The number of nitrogens with zero attached hydrogens (tertiary/aromatic N) is 1. The van der Waals surface area contributed by atoms with Crippen LogP contribution in [0.15, 0.2) is 18.2 Å². The number of methoxy groups -OCH3 is 2. The smallest absolute Gasteiger partial charge is 0.231 e. The van der Waals surface area contributed by atoms with Crippen LogP contribution >= 0.6 is 0 Å². The molecule has 2 fully saturated rings. The molecule has 0 aromatic heterocycles. The van der Waals surface area contributed by atoms with E-state index in [-0.39, 0.29) is 5.92 Å². The van der Waals surface area contributed by atoms with E-state index in [0.29, 0.717) is 5.91 Å². The zero-order valence-electron chi connectivity index (χ0n) is 15.6. The predicted molar refractivity (Wildman–Crippen MR) is 97.1 cm³/mol. The maximum Gasteiger partial charge on any atom is 0.231 e. The van der Waals surface area contributed by atoms with Gasteiger partial charge in [0.05, 0.1) is 33.2 Å². The second kappa shape index (κ2) is 8.56. The van der Waals surface area contributed by atoms with Gasteiger partial charge in [0.15, 0.2) is 0 Å². The Kier molecular flexibility index (Phi) is 6.19. The van der Waals surface area contributed by atoms with Gasteiger partial charge in [-0.3, -0.25) is 4.79 Å². The summed E-state index contributed by atoms with van der Waals surface area (Å²) in [4.78, 5) is 16.4. The van der Waals surface area contributed by atoms with E-state index in [1.807, 2.05) is 12.1 Å². The highest BCUT2D eigenvalue weighted by atomic mass is 16.5. The van der Waals surface area contributed by atoms with Gasteiger partial charge in [0, 0.05) is 24.7 Å². The first-order valence-electron chi connectivity index (χ1n) is 9.54. The molecule has 0 saturated carbocycles. The zero-order valence-corrected chi connectivity index (χ0v) is 15.6. The first kappa shape index (κ1) is 18.1. The molecule has 2 atom stereocenters. The van der Waals surface area contributed by atoms with Gasteiger partial charge in [-0.15, -0.1) is 0 Å². The summed E-state index contributed by atoms with van der Waals surface area (Å²) in [5.74, 6) is 2.26. The summed E-state index contributed by atoms with van der Waals surface area (Å²) in [5.41, 5.74) is 1.18. The quantitative estimate of drug-likeness (QED) is 0.878. The largest absolute Gasteiger partial charge is 0.497 e. The summed E-state index contributed by atoms with van der Waals surface area (Å²) in [7, 11) is 3.37. The standard InChI is InChI=1S/C20H30N2O3/c1-24-18-9-8-16(19(13-18)25-2)14-21-10-6-7-17(15-21)20(23)22-11-4-3-5-12-22/h8-9,13,17H,3-7,10-12,14-15H2,1-2H3/p+1/t17-/m0/s1. The molecule has 2 heterocycles. The number of hydrogen-bond donors (Lipinski definition) is 1. The topological polar surface area (TPSA) is 43.2 Å². The molecule has 1 amide bonds. The maximum absolute atomic E-state index is 12.8. The molecule has 0 spiro atoms. The third kappa shape index (κ3) is 4.46. The molecule has 1 aromatic carbocycles. The van der Waals surface area contributed by atoms with Crippen molar-refractivity contribution in [3.05, 3.63) is 23.8 Å². The molecular weight excluding hydrogens is 316 g/mol. The van der Waals surface area contributed by atoms with Gasteiger partial charge in [0.1, 0.15) is 18.0 Å². The Morgan fingerprint density at radius 3 is 2.68 bits per heavy atom. The van der Waals surface area contributed by atoms with Gasteiger partial charge < -0.3 is 19.3 Å². The molecule has 138 valence electrons. The predicted octanol–water partition coefficient (Wildman–Crippen LogP) is 1.51. The van der Waals surface area contributed by atoms with Gasteiger partial charge in [-0.1, -0.05) is 0 Å². The molecule has 2 saturated heterocycles. The lowest BCUT2D eigenvalue weighted by atomic mass is 9.95. The SMILES string of the molecule is COc1ccc(C[NH+]2CCC[C@H](C(=O)N3CCCCC3)C2)c(OC)c1. The molecule has 2 aliphatic heterocycles. The lowest BCUT2D eigenvalue weighted by molar-refractivity contribution is -0.921. The van der Waals surface area contributed by atoms with Crippen molar-refractivity contribution in [2.45, 2.75) is 38.6 Å². The van der Waals surface area contributed by atoms with E-state index in [1.165, 1.54) is 16.9 Å². The van der Waals surface area contributed by atoms with Crippen molar-refractivity contribution >= 4 is 5.91 Å². The van der Waals surface area contributed by atoms with Crippen molar-refractivity contribution in [2.24, 2.45) is 5.92 Å². The number of quaternary nitrogens is 1. The van der Waals surface area contributed by atoms with Gasteiger partial charge in [0.2, 0.25) is 5.91 Å². The van der Waals surface area contributed by atoms with Crippen LogP contribution in [0.5, 0.6) is 11.5 Å². The first-order valence-corrected chi connectivity index (χ1v) is 9.54. The van der Waals surface area contributed by atoms with Gasteiger partial charge in [-0.2, -0.15) is 0 Å². The molecule has 5 nitrogen and oxygen atoms in total. The summed E-state index contributed by atoms with van der Waals surface area (Å²) in [6.07, 6.45) is 5.76.